The van der Waals surface area contributed by atoms with E-state index in [2.05, 4.69) is 4.98 Å². The van der Waals surface area contributed by atoms with E-state index in [0.29, 0.717) is 28.2 Å². The van der Waals surface area contributed by atoms with Crippen LogP contribution in [0.15, 0.2) is 82.6 Å². The Morgan fingerprint density at radius 1 is 1.12 bits per heavy atom. The number of nitrogens with two attached hydrogens (primary N) is 1. The van der Waals surface area contributed by atoms with Gasteiger partial charge in [0.05, 0.1) is 36.1 Å². The van der Waals surface area contributed by atoms with E-state index < -0.39 is 18.1 Å². The average Bonchev–Trinajstić information content (AvgIpc) is 2.92. The molecule has 0 aliphatic rings. The molecule has 1 amide bonds. The number of halogens is 1. The lowest BCUT2D eigenvalue weighted by atomic mass is 10.0. The third-order valence-corrected chi connectivity index (χ3v) is 7.24. The summed E-state index contributed by atoms with van der Waals surface area (Å²) in [6.07, 6.45) is 0.0397. The molecule has 12 heteroatoms. The molecule has 10 nitrogen and oxygen atoms in total. The quantitative estimate of drug-likeness (QED) is 0.0961. The summed E-state index contributed by atoms with van der Waals surface area (Å²) < 4.78 is 6.62. The van der Waals surface area contributed by atoms with E-state index in [1.165, 1.54) is 18.0 Å². The number of fused-ring (bicyclic) bond motifs is 1. The summed E-state index contributed by atoms with van der Waals surface area (Å²) >= 11 is 1.47. The van der Waals surface area contributed by atoms with Gasteiger partial charge >= 0.3 is 12.1 Å². The number of thioether (sulfide) groups is 1. The number of rotatable bonds is 10. The number of carbonyl (C=O) groups excluding carboxylic acids is 1. The number of nitrogens with zero attached hydrogens (tertiary/aromatic N) is 3. The van der Waals surface area contributed by atoms with Crippen molar-refractivity contribution in [3.63, 3.8) is 0 Å². The molecule has 1 atom stereocenters. The van der Waals surface area contributed by atoms with Gasteiger partial charge in [-0.2, -0.15) is 0 Å². The zero-order valence-corrected chi connectivity index (χ0v) is 24.1. The first-order valence-corrected chi connectivity index (χ1v) is 13.5. The second kappa shape index (κ2) is 13.8. The molecule has 214 valence electrons. The minimum Gasteiger partial charge on any atom is -0.466 e. The lowest BCUT2D eigenvalue weighted by Crippen LogP contribution is -2.39. The average molecular weight is 596 g/mol. The number of aromatic nitrogens is 2. The van der Waals surface area contributed by atoms with Gasteiger partial charge in [0, 0.05) is 22.2 Å². The first-order chi connectivity index (χ1) is 19.2. The molecule has 0 aliphatic heterocycles. The third kappa shape index (κ3) is 7.44. The van der Waals surface area contributed by atoms with Crippen LogP contribution >= 0.6 is 24.2 Å². The lowest BCUT2D eigenvalue weighted by Gasteiger charge is -2.26. The Labute approximate surface area is 247 Å². The SMILES string of the molecule is CCOC(=O)CC(C)N(C(=O)O)c1cccc(-c2ccc3c(c2)ncc(=O)n3CSc2ccc(C(=N)N)cc2)c1.Cl. The van der Waals surface area contributed by atoms with Crippen molar-refractivity contribution in [2.24, 2.45) is 5.73 Å². The summed E-state index contributed by atoms with van der Waals surface area (Å²) in [5.74, 6) is -0.107. The molecule has 0 aliphatic carbocycles. The largest absolute Gasteiger partial charge is 0.466 e. The second-order valence-electron chi connectivity index (χ2n) is 9.00. The Hall–Kier alpha value is -4.35. The van der Waals surface area contributed by atoms with Crippen LogP contribution in [0.2, 0.25) is 0 Å². The molecule has 4 N–H and O–H groups in total. The summed E-state index contributed by atoms with van der Waals surface area (Å²) in [6, 6.07) is 19.2. The predicted octanol–water partition coefficient (Wildman–Crippen LogP) is 5.35. The molecule has 0 fully saturated rings. The minimum absolute atomic E-state index is 0. The van der Waals surface area contributed by atoms with Gasteiger partial charge in [-0.25, -0.2) is 9.78 Å². The fourth-order valence-corrected chi connectivity index (χ4v) is 5.16. The topological polar surface area (TPSA) is 152 Å². The zero-order valence-electron chi connectivity index (χ0n) is 22.4. The first kappa shape index (κ1) is 31.2. The molecule has 41 heavy (non-hydrogen) atoms. The van der Waals surface area contributed by atoms with Gasteiger partial charge in [-0.05, 0) is 61.4 Å². The van der Waals surface area contributed by atoms with Crippen molar-refractivity contribution in [2.75, 3.05) is 11.5 Å². The third-order valence-electron chi connectivity index (χ3n) is 6.24. The van der Waals surface area contributed by atoms with Crippen LogP contribution in [0.4, 0.5) is 10.5 Å². The van der Waals surface area contributed by atoms with Gasteiger partial charge in [-0.3, -0.25) is 24.5 Å². The van der Waals surface area contributed by atoms with Gasteiger partial charge in [0.25, 0.3) is 5.56 Å². The van der Waals surface area contributed by atoms with E-state index in [9.17, 15) is 19.5 Å². The van der Waals surface area contributed by atoms with E-state index in [0.717, 1.165) is 20.9 Å². The number of benzene rings is 3. The van der Waals surface area contributed by atoms with E-state index in [1.807, 2.05) is 36.4 Å². The van der Waals surface area contributed by atoms with Crippen LogP contribution in [0.3, 0.4) is 0 Å². The van der Waals surface area contributed by atoms with Crippen LogP contribution in [0.1, 0.15) is 25.8 Å². The number of amides is 1. The number of hydrogen-bond acceptors (Lipinski definition) is 7. The van der Waals surface area contributed by atoms with Crippen molar-refractivity contribution < 1.29 is 19.4 Å². The molecule has 0 saturated carbocycles. The number of hydrogen-bond donors (Lipinski definition) is 3. The fraction of sp³-hybridized carbons (Fsp3) is 0.207. The highest BCUT2D eigenvalue weighted by molar-refractivity contribution is 7.98. The van der Waals surface area contributed by atoms with E-state index in [4.69, 9.17) is 15.9 Å². The van der Waals surface area contributed by atoms with Crippen molar-refractivity contribution in [2.45, 2.75) is 37.1 Å². The summed E-state index contributed by atoms with van der Waals surface area (Å²) in [5, 5.41) is 17.4. The number of carbonyl (C=O) groups is 2. The Morgan fingerprint density at radius 3 is 2.49 bits per heavy atom. The summed E-state index contributed by atoms with van der Waals surface area (Å²) in [4.78, 5) is 43.1. The molecule has 0 bridgehead atoms. The smallest absolute Gasteiger partial charge is 0.412 e. The maximum absolute atomic E-state index is 12.7. The van der Waals surface area contributed by atoms with Crippen molar-refractivity contribution in [3.05, 3.63) is 88.8 Å². The van der Waals surface area contributed by atoms with Crippen LogP contribution in [-0.2, 0) is 15.4 Å². The minimum atomic E-state index is -1.17. The molecule has 4 aromatic rings. The summed E-state index contributed by atoms with van der Waals surface area (Å²) in [5.41, 5.74) is 9.17. The van der Waals surface area contributed by atoms with E-state index >= 15 is 0 Å². The normalized spacial score (nSPS) is 11.4. The number of carboxylic acid groups (broad SMARTS) is 1. The van der Waals surface area contributed by atoms with Crippen molar-refractivity contribution in [1.29, 1.82) is 5.41 Å². The standard InChI is InChI=1S/C29H29N5O5S.ClH/c1-3-39-27(36)13-18(2)34(29(37)38)22-6-4-5-20(14-22)21-9-12-25-24(15-21)32-16-26(35)33(25)17-40-23-10-7-19(8-11-23)28(30)31;/h4-12,14-16,18H,3,13,17H2,1-2H3,(H3,30,31)(H,37,38);1H. The van der Waals surface area contributed by atoms with Crippen LogP contribution in [0.5, 0.6) is 0 Å². The Kier molecular flexibility index (Phi) is 10.5. The molecular formula is C29H30ClN5O5S. The molecule has 1 aromatic heterocycles. The lowest BCUT2D eigenvalue weighted by molar-refractivity contribution is -0.143. The highest BCUT2D eigenvalue weighted by Gasteiger charge is 2.24. The molecule has 0 spiro atoms. The number of nitrogen functional groups attached to an aromatic ring is 1. The fourth-order valence-electron chi connectivity index (χ4n) is 4.29. The number of esters is 1. The number of anilines is 1. The Balaban J connectivity index is 0.00000462. The van der Waals surface area contributed by atoms with Crippen LogP contribution in [-0.4, -0.2) is 45.2 Å². The zero-order chi connectivity index (χ0) is 28.8. The van der Waals surface area contributed by atoms with Crippen LogP contribution in [0.25, 0.3) is 22.2 Å². The summed E-state index contributed by atoms with van der Waals surface area (Å²) in [6.45, 7) is 3.59. The maximum Gasteiger partial charge on any atom is 0.412 e. The van der Waals surface area contributed by atoms with Gasteiger partial charge < -0.3 is 15.6 Å². The monoisotopic (exact) mass is 595 g/mol. The van der Waals surface area contributed by atoms with Crippen LogP contribution in [0, 0.1) is 5.41 Å². The predicted molar refractivity (Wildman–Crippen MR) is 163 cm³/mol. The van der Waals surface area contributed by atoms with Crippen LogP contribution < -0.4 is 16.2 Å². The number of amidine groups is 1. The van der Waals surface area contributed by atoms with Gasteiger partial charge in [0.2, 0.25) is 0 Å². The second-order valence-corrected chi connectivity index (χ2v) is 10.0. The molecule has 1 unspecified atom stereocenters. The van der Waals surface area contributed by atoms with E-state index in [1.54, 1.807) is 48.7 Å². The molecule has 1 heterocycles. The maximum atomic E-state index is 12.7. The van der Waals surface area contributed by atoms with Gasteiger partial charge in [-0.1, -0.05) is 30.3 Å². The van der Waals surface area contributed by atoms with E-state index in [-0.39, 0.29) is 36.8 Å². The molecule has 0 radical (unpaired) electrons. The molecule has 4 rings (SSSR count). The number of nitrogens with one attached hydrogen (secondary N) is 1. The molecule has 0 saturated heterocycles. The van der Waals surface area contributed by atoms with Gasteiger partial charge in [-0.15, -0.1) is 24.2 Å². The van der Waals surface area contributed by atoms with Gasteiger partial charge in [0.15, 0.2) is 0 Å². The highest BCUT2D eigenvalue weighted by atomic mass is 35.5. The van der Waals surface area contributed by atoms with Crippen molar-refractivity contribution >= 4 is 58.8 Å². The van der Waals surface area contributed by atoms with Crippen molar-refractivity contribution in [3.8, 4) is 11.1 Å². The number of ether oxygens (including phenoxy) is 1. The highest BCUT2D eigenvalue weighted by Crippen LogP contribution is 2.29. The molecule has 3 aromatic carbocycles. The Morgan fingerprint density at radius 2 is 1.83 bits per heavy atom. The Bertz CT molecular complexity index is 1630. The van der Waals surface area contributed by atoms with Gasteiger partial charge in [0.1, 0.15) is 5.84 Å². The molecular weight excluding hydrogens is 566 g/mol. The summed E-state index contributed by atoms with van der Waals surface area (Å²) in [7, 11) is 0. The first-order valence-electron chi connectivity index (χ1n) is 12.5. The van der Waals surface area contributed by atoms with Crippen molar-refractivity contribution in [1.82, 2.24) is 9.55 Å².